The maximum absolute atomic E-state index is 12.7. The predicted molar refractivity (Wildman–Crippen MR) is 104 cm³/mol. The highest BCUT2D eigenvalue weighted by Gasteiger charge is 2.31. The van der Waals surface area contributed by atoms with E-state index in [0.29, 0.717) is 18.6 Å². The van der Waals surface area contributed by atoms with Crippen LogP contribution in [0.25, 0.3) is 0 Å². The van der Waals surface area contributed by atoms with Crippen molar-refractivity contribution in [2.45, 2.75) is 58.0 Å². The Kier molecular flexibility index (Phi) is 6.30. The zero-order chi connectivity index (χ0) is 18.5. The fraction of sp³-hybridized carbons (Fsp3) is 0.619. The molecule has 5 nitrogen and oxygen atoms in total. The van der Waals surface area contributed by atoms with Crippen LogP contribution in [0.2, 0.25) is 0 Å². The fourth-order valence-electron chi connectivity index (χ4n) is 4.30. The van der Waals surface area contributed by atoms with Gasteiger partial charge in [-0.05, 0) is 71.2 Å². The Morgan fingerprint density at radius 1 is 1.00 bits per heavy atom. The topological polar surface area (TPSA) is 52.7 Å². The summed E-state index contributed by atoms with van der Waals surface area (Å²) in [5, 5.41) is 3.00. The number of hydrogen-bond donors (Lipinski definition) is 1. The van der Waals surface area contributed by atoms with E-state index in [0.717, 1.165) is 44.5 Å². The number of piperidine rings is 2. The third-order valence-corrected chi connectivity index (χ3v) is 5.84. The van der Waals surface area contributed by atoms with Crippen LogP contribution < -0.4 is 5.32 Å². The van der Waals surface area contributed by atoms with Crippen LogP contribution in [0.15, 0.2) is 30.3 Å². The largest absolute Gasteiger partial charge is 0.336 e. The number of para-hydroxylation sites is 1. The quantitative estimate of drug-likeness (QED) is 0.901. The first kappa shape index (κ1) is 18.9. The molecule has 1 N–H and O–H groups in total. The molecule has 0 unspecified atom stereocenters. The van der Waals surface area contributed by atoms with Gasteiger partial charge in [-0.1, -0.05) is 18.2 Å². The van der Waals surface area contributed by atoms with Crippen LogP contribution in [0.4, 0.5) is 5.69 Å². The molecule has 2 saturated heterocycles. The Bertz CT molecular complexity index is 601. The highest BCUT2D eigenvalue weighted by molar-refractivity contribution is 5.92. The second kappa shape index (κ2) is 8.67. The fourth-order valence-corrected chi connectivity index (χ4v) is 4.30. The molecule has 2 heterocycles. The van der Waals surface area contributed by atoms with Crippen LogP contribution in [0.1, 0.15) is 46.0 Å². The summed E-state index contributed by atoms with van der Waals surface area (Å²) in [6.07, 6.45) is 5.07. The van der Waals surface area contributed by atoms with Gasteiger partial charge in [0, 0.05) is 23.7 Å². The van der Waals surface area contributed by atoms with Gasteiger partial charge in [0.15, 0.2) is 0 Å². The van der Waals surface area contributed by atoms with Gasteiger partial charge in [-0.25, -0.2) is 0 Å². The molecule has 0 aromatic heterocycles. The first-order valence-corrected chi connectivity index (χ1v) is 9.94. The van der Waals surface area contributed by atoms with Gasteiger partial charge >= 0.3 is 0 Å². The monoisotopic (exact) mass is 357 g/mol. The number of carbonyl (C=O) groups excluding carboxylic acids is 2. The molecule has 1 aromatic rings. The molecule has 0 spiro atoms. The first-order valence-electron chi connectivity index (χ1n) is 9.94. The number of likely N-dealkylation sites (tertiary alicyclic amines) is 2. The second-order valence-corrected chi connectivity index (χ2v) is 7.84. The highest BCUT2D eigenvalue weighted by atomic mass is 16.2. The Balaban J connectivity index is 1.46. The van der Waals surface area contributed by atoms with E-state index in [-0.39, 0.29) is 17.7 Å². The van der Waals surface area contributed by atoms with Gasteiger partial charge in [0.2, 0.25) is 11.8 Å². The van der Waals surface area contributed by atoms with E-state index >= 15 is 0 Å². The number of nitrogens with one attached hydrogen (secondary N) is 1. The Morgan fingerprint density at radius 2 is 1.62 bits per heavy atom. The van der Waals surface area contributed by atoms with E-state index < -0.39 is 0 Å². The number of amides is 2. The molecule has 2 aliphatic heterocycles. The van der Waals surface area contributed by atoms with Crippen LogP contribution in [-0.4, -0.2) is 53.3 Å². The molecule has 0 aliphatic carbocycles. The first-order chi connectivity index (χ1) is 12.5. The third-order valence-electron chi connectivity index (χ3n) is 5.84. The lowest BCUT2D eigenvalue weighted by atomic mass is 9.95. The molecule has 2 aliphatic rings. The van der Waals surface area contributed by atoms with Gasteiger partial charge in [0.1, 0.15) is 0 Å². The molecule has 3 rings (SSSR count). The number of carbonyl (C=O) groups is 2. The Labute approximate surface area is 156 Å². The number of nitrogens with zero attached hydrogens (tertiary/aromatic N) is 2. The number of rotatable bonds is 4. The number of hydrogen-bond acceptors (Lipinski definition) is 3. The molecule has 1 aromatic carbocycles. The van der Waals surface area contributed by atoms with Gasteiger partial charge in [-0.2, -0.15) is 0 Å². The molecule has 0 radical (unpaired) electrons. The summed E-state index contributed by atoms with van der Waals surface area (Å²) >= 11 is 0. The van der Waals surface area contributed by atoms with Crippen LogP contribution in [-0.2, 0) is 9.59 Å². The van der Waals surface area contributed by atoms with Gasteiger partial charge in [0.25, 0.3) is 0 Å². The van der Waals surface area contributed by atoms with Crippen molar-refractivity contribution in [2.24, 2.45) is 5.92 Å². The van der Waals surface area contributed by atoms with Crippen molar-refractivity contribution in [1.29, 1.82) is 0 Å². The molecular weight excluding hydrogens is 326 g/mol. The molecule has 0 saturated carbocycles. The molecule has 5 heteroatoms. The van der Waals surface area contributed by atoms with Crippen molar-refractivity contribution in [3.63, 3.8) is 0 Å². The van der Waals surface area contributed by atoms with Crippen molar-refractivity contribution in [1.82, 2.24) is 9.80 Å². The van der Waals surface area contributed by atoms with Crippen molar-refractivity contribution in [3.05, 3.63) is 30.3 Å². The Morgan fingerprint density at radius 3 is 2.23 bits per heavy atom. The molecule has 0 bridgehead atoms. The molecule has 26 heavy (non-hydrogen) atoms. The van der Waals surface area contributed by atoms with E-state index in [2.05, 4.69) is 29.0 Å². The van der Waals surface area contributed by atoms with E-state index in [1.54, 1.807) is 0 Å². The van der Waals surface area contributed by atoms with Crippen LogP contribution >= 0.6 is 0 Å². The summed E-state index contributed by atoms with van der Waals surface area (Å²) in [4.78, 5) is 29.5. The van der Waals surface area contributed by atoms with E-state index in [4.69, 9.17) is 0 Å². The van der Waals surface area contributed by atoms with E-state index in [1.165, 1.54) is 6.42 Å². The zero-order valence-corrected chi connectivity index (χ0v) is 16.0. The zero-order valence-electron chi connectivity index (χ0n) is 16.0. The van der Waals surface area contributed by atoms with Crippen molar-refractivity contribution >= 4 is 17.5 Å². The summed E-state index contributed by atoms with van der Waals surface area (Å²) in [6, 6.07) is 10.3. The average Bonchev–Trinajstić information content (AvgIpc) is 2.63. The Hall–Kier alpha value is -1.88. The minimum atomic E-state index is 0.0365. The number of benzene rings is 1. The smallest absolute Gasteiger partial charge is 0.237 e. The van der Waals surface area contributed by atoms with E-state index in [9.17, 15) is 9.59 Å². The minimum absolute atomic E-state index is 0.0365. The summed E-state index contributed by atoms with van der Waals surface area (Å²) in [5.41, 5.74) is 0.850. The van der Waals surface area contributed by atoms with Crippen LogP contribution in [0.3, 0.4) is 0 Å². The van der Waals surface area contributed by atoms with Gasteiger partial charge in [-0.15, -0.1) is 0 Å². The van der Waals surface area contributed by atoms with Crippen molar-refractivity contribution in [2.75, 3.05) is 25.0 Å². The molecule has 142 valence electrons. The summed E-state index contributed by atoms with van der Waals surface area (Å²) < 4.78 is 0. The minimum Gasteiger partial charge on any atom is -0.336 e. The lowest BCUT2D eigenvalue weighted by Gasteiger charge is -2.41. The lowest BCUT2D eigenvalue weighted by molar-refractivity contribution is -0.138. The predicted octanol–water partition coefficient (Wildman–Crippen LogP) is 3.13. The summed E-state index contributed by atoms with van der Waals surface area (Å²) in [5.74, 6) is 0.381. The van der Waals surface area contributed by atoms with Crippen LogP contribution in [0, 0.1) is 5.92 Å². The maximum Gasteiger partial charge on any atom is 0.237 e. The SMILES string of the molecule is C[C@H]1CCC[C@H](C)N1C(=O)CN1CCC(C(=O)Nc2ccccc2)CC1. The average molecular weight is 357 g/mol. The lowest BCUT2D eigenvalue weighted by Crippen LogP contribution is -2.52. The number of anilines is 1. The second-order valence-electron chi connectivity index (χ2n) is 7.84. The van der Waals surface area contributed by atoms with Crippen molar-refractivity contribution in [3.8, 4) is 0 Å². The normalized spacial score (nSPS) is 25.1. The molecule has 2 fully saturated rings. The standard InChI is InChI=1S/C21H31N3O2/c1-16-7-6-8-17(2)24(16)20(25)15-23-13-11-18(12-14-23)21(26)22-19-9-4-3-5-10-19/h3-5,9-10,16-18H,6-8,11-15H2,1-2H3,(H,22,26)/t16-,17-/m0/s1. The molecule has 2 amide bonds. The van der Waals surface area contributed by atoms with Gasteiger partial charge in [-0.3, -0.25) is 14.5 Å². The molecule has 2 atom stereocenters. The summed E-state index contributed by atoms with van der Waals surface area (Å²) in [7, 11) is 0. The third kappa shape index (κ3) is 4.64. The van der Waals surface area contributed by atoms with Crippen molar-refractivity contribution < 1.29 is 9.59 Å². The highest BCUT2D eigenvalue weighted by Crippen LogP contribution is 2.24. The van der Waals surface area contributed by atoms with E-state index in [1.807, 2.05) is 30.3 Å². The van der Waals surface area contributed by atoms with Crippen LogP contribution in [0.5, 0.6) is 0 Å². The summed E-state index contributed by atoms with van der Waals surface area (Å²) in [6.45, 7) is 6.44. The maximum atomic E-state index is 12.7. The van der Waals surface area contributed by atoms with Gasteiger partial charge < -0.3 is 10.2 Å². The van der Waals surface area contributed by atoms with Gasteiger partial charge in [0.05, 0.1) is 6.54 Å². The molecular formula is C21H31N3O2.